The summed E-state index contributed by atoms with van der Waals surface area (Å²) in [7, 11) is 1.65. The lowest BCUT2D eigenvalue weighted by Crippen LogP contribution is -2.09. The van der Waals surface area contributed by atoms with Gasteiger partial charge in [0.1, 0.15) is 11.5 Å². The van der Waals surface area contributed by atoms with Gasteiger partial charge in [0.2, 0.25) is 0 Å². The van der Waals surface area contributed by atoms with Crippen molar-refractivity contribution in [1.82, 2.24) is 0 Å². The predicted octanol–water partition coefficient (Wildman–Crippen LogP) is 5.51. The number of ether oxygens (including phenoxy) is 2. The first-order valence-corrected chi connectivity index (χ1v) is 8.52. The van der Waals surface area contributed by atoms with Crippen LogP contribution < -0.4 is 9.47 Å². The third kappa shape index (κ3) is 3.77. The summed E-state index contributed by atoms with van der Waals surface area (Å²) in [5.74, 6) is 1.01. The van der Waals surface area contributed by atoms with Crippen LogP contribution in [0.25, 0.3) is 11.1 Å². The number of methoxy groups -OCH3 is 1. The number of hydrogen-bond donors (Lipinski definition) is 0. The van der Waals surface area contributed by atoms with Crippen LogP contribution in [0.3, 0.4) is 0 Å². The molecule has 0 aliphatic rings. The number of benzene rings is 3. The average Bonchev–Trinajstić information content (AvgIpc) is 2.66. The van der Waals surface area contributed by atoms with E-state index in [1.165, 1.54) is 5.56 Å². The van der Waals surface area contributed by atoms with Gasteiger partial charge in [0, 0.05) is 0 Å². The van der Waals surface area contributed by atoms with Crippen molar-refractivity contribution in [3.63, 3.8) is 0 Å². The Morgan fingerprint density at radius 3 is 1.65 bits per heavy atom. The Morgan fingerprint density at radius 1 is 0.731 bits per heavy atom. The summed E-state index contributed by atoms with van der Waals surface area (Å²) in [5.41, 5.74) is 6.08. The quantitative estimate of drug-likeness (QED) is 0.462. The lowest BCUT2D eigenvalue weighted by molar-refractivity contribution is 0.0734. The van der Waals surface area contributed by atoms with Gasteiger partial charge >= 0.3 is 5.97 Å². The molecule has 3 nitrogen and oxygen atoms in total. The molecule has 26 heavy (non-hydrogen) atoms. The molecule has 0 aliphatic heterocycles. The van der Waals surface area contributed by atoms with Crippen molar-refractivity contribution in [2.45, 2.75) is 20.8 Å². The predicted molar refractivity (Wildman–Crippen MR) is 104 cm³/mol. The number of esters is 1. The van der Waals surface area contributed by atoms with E-state index in [0.29, 0.717) is 11.3 Å². The second-order valence-electron chi connectivity index (χ2n) is 6.38. The van der Waals surface area contributed by atoms with Crippen LogP contribution in [0.5, 0.6) is 11.5 Å². The molecule has 0 radical (unpaired) electrons. The molecule has 0 saturated heterocycles. The van der Waals surface area contributed by atoms with Crippen molar-refractivity contribution < 1.29 is 14.3 Å². The first kappa shape index (κ1) is 17.7. The van der Waals surface area contributed by atoms with E-state index in [-0.39, 0.29) is 5.97 Å². The topological polar surface area (TPSA) is 35.5 Å². The van der Waals surface area contributed by atoms with E-state index in [1.54, 1.807) is 7.11 Å². The Morgan fingerprint density at radius 2 is 1.19 bits per heavy atom. The third-order valence-corrected chi connectivity index (χ3v) is 4.65. The van der Waals surface area contributed by atoms with Gasteiger partial charge in [-0.05, 0) is 85.0 Å². The summed E-state index contributed by atoms with van der Waals surface area (Å²) in [4.78, 5) is 12.4. The van der Waals surface area contributed by atoms with E-state index >= 15 is 0 Å². The Bertz CT molecular complexity index is 900. The lowest BCUT2D eigenvalue weighted by atomic mass is 10.0. The zero-order valence-corrected chi connectivity index (χ0v) is 15.5. The molecule has 0 amide bonds. The van der Waals surface area contributed by atoms with Crippen molar-refractivity contribution in [2.75, 3.05) is 7.11 Å². The molecule has 0 saturated carbocycles. The van der Waals surface area contributed by atoms with Gasteiger partial charge in [-0.15, -0.1) is 0 Å². The highest BCUT2D eigenvalue weighted by Gasteiger charge is 2.11. The van der Waals surface area contributed by atoms with Crippen molar-refractivity contribution in [1.29, 1.82) is 0 Å². The van der Waals surface area contributed by atoms with Crippen LogP contribution in [0.2, 0.25) is 0 Å². The Kier molecular flexibility index (Phi) is 5.08. The van der Waals surface area contributed by atoms with Crippen LogP contribution in [0.15, 0.2) is 60.7 Å². The fourth-order valence-corrected chi connectivity index (χ4v) is 2.82. The largest absolute Gasteiger partial charge is 0.497 e. The zero-order valence-electron chi connectivity index (χ0n) is 15.5. The molecule has 0 spiro atoms. The molecular weight excluding hydrogens is 324 g/mol. The highest BCUT2D eigenvalue weighted by Crippen LogP contribution is 2.25. The summed E-state index contributed by atoms with van der Waals surface area (Å²) >= 11 is 0. The van der Waals surface area contributed by atoms with E-state index in [9.17, 15) is 4.79 Å². The molecule has 0 aromatic heterocycles. The summed E-state index contributed by atoms with van der Waals surface area (Å²) in [6, 6.07) is 19.1. The standard InChI is InChI=1S/C23H22O3/c1-15-13-20(14-16(2)17(15)3)23(24)26-22-11-7-19(8-12-22)18-5-9-21(25-4)10-6-18/h5-14H,1-4H3. The first-order valence-electron chi connectivity index (χ1n) is 8.52. The van der Waals surface area contributed by atoms with Crippen molar-refractivity contribution in [3.05, 3.63) is 82.9 Å². The molecule has 0 unspecified atom stereocenters. The van der Waals surface area contributed by atoms with Gasteiger partial charge in [-0.1, -0.05) is 24.3 Å². The normalized spacial score (nSPS) is 10.5. The van der Waals surface area contributed by atoms with Gasteiger partial charge in [-0.2, -0.15) is 0 Å². The third-order valence-electron chi connectivity index (χ3n) is 4.65. The molecule has 0 N–H and O–H groups in total. The molecule has 3 aromatic carbocycles. The number of carbonyl (C=O) groups is 1. The van der Waals surface area contributed by atoms with Crippen molar-refractivity contribution in [2.24, 2.45) is 0 Å². The molecule has 132 valence electrons. The molecule has 0 bridgehead atoms. The fraction of sp³-hybridized carbons (Fsp3) is 0.174. The minimum Gasteiger partial charge on any atom is -0.497 e. The van der Waals surface area contributed by atoms with Gasteiger partial charge in [0.25, 0.3) is 0 Å². The summed E-state index contributed by atoms with van der Waals surface area (Å²) < 4.78 is 10.7. The highest BCUT2D eigenvalue weighted by atomic mass is 16.5. The van der Waals surface area contributed by atoms with Crippen LogP contribution in [-0.2, 0) is 0 Å². The van der Waals surface area contributed by atoms with Crippen LogP contribution >= 0.6 is 0 Å². The Hall–Kier alpha value is -3.07. The fourth-order valence-electron chi connectivity index (χ4n) is 2.82. The molecule has 0 heterocycles. The first-order chi connectivity index (χ1) is 12.5. The van der Waals surface area contributed by atoms with Crippen molar-refractivity contribution >= 4 is 5.97 Å². The van der Waals surface area contributed by atoms with Gasteiger partial charge < -0.3 is 9.47 Å². The molecule has 0 fully saturated rings. The maximum atomic E-state index is 12.4. The lowest BCUT2D eigenvalue weighted by Gasteiger charge is -2.10. The Balaban J connectivity index is 1.75. The van der Waals surface area contributed by atoms with Crippen LogP contribution in [0, 0.1) is 20.8 Å². The number of aryl methyl sites for hydroxylation is 2. The minimum atomic E-state index is -0.339. The van der Waals surface area contributed by atoms with E-state index in [4.69, 9.17) is 9.47 Å². The molecular formula is C23H22O3. The summed E-state index contributed by atoms with van der Waals surface area (Å²) in [6.45, 7) is 6.06. The highest BCUT2D eigenvalue weighted by molar-refractivity contribution is 5.91. The van der Waals surface area contributed by atoms with Crippen molar-refractivity contribution in [3.8, 4) is 22.6 Å². The number of rotatable bonds is 4. The molecule has 3 heteroatoms. The van der Waals surface area contributed by atoms with E-state index < -0.39 is 0 Å². The maximum absolute atomic E-state index is 12.4. The number of carbonyl (C=O) groups excluding carboxylic acids is 1. The van der Waals surface area contributed by atoms with Gasteiger partial charge in [0.05, 0.1) is 12.7 Å². The van der Waals surface area contributed by atoms with Crippen LogP contribution in [-0.4, -0.2) is 13.1 Å². The van der Waals surface area contributed by atoms with Crippen LogP contribution in [0.1, 0.15) is 27.0 Å². The van der Waals surface area contributed by atoms with Gasteiger partial charge in [0.15, 0.2) is 0 Å². The second-order valence-corrected chi connectivity index (χ2v) is 6.38. The van der Waals surface area contributed by atoms with Gasteiger partial charge in [-0.25, -0.2) is 4.79 Å². The zero-order chi connectivity index (χ0) is 18.7. The van der Waals surface area contributed by atoms with E-state index in [1.807, 2.05) is 74.5 Å². The average molecular weight is 346 g/mol. The summed E-state index contributed by atoms with van der Waals surface area (Å²) in [5, 5.41) is 0. The smallest absolute Gasteiger partial charge is 0.343 e. The monoisotopic (exact) mass is 346 g/mol. The second kappa shape index (κ2) is 7.44. The maximum Gasteiger partial charge on any atom is 0.343 e. The molecule has 3 aromatic rings. The van der Waals surface area contributed by atoms with E-state index in [0.717, 1.165) is 28.0 Å². The molecule has 0 aliphatic carbocycles. The Labute approximate surface area is 154 Å². The van der Waals surface area contributed by atoms with Crippen LogP contribution in [0.4, 0.5) is 0 Å². The number of hydrogen-bond acceptors (Lipinski definition) is 3. The molecule has 3 rings (SSSR count). The SMILES string of the molecule is COc1ccc(-c2ccc(OC(=O)c3cc(C)c(C)c(C)c3)cc2)cc1. The summed E-state index contributed by atoms with van der Waals surface area (Å²) in [6.07, 6.45) is 0. The molecule has 0 atom stereocenters. The van der Waals surface area contributed by atoms with Gasteiger partial charge in [-0.3, -0.25) is 0 Å². The van der Waals surface area contributed by atoms with E-state index in [2.05, 4.69) is 6.92 Å². The minimum absolute atomic E-state index is 0.339.